The molecule has 0 aliphatic heterocycles. The standard InChI is InChI=1S/C30H18O6/c31-25-4-1-13-7-19-22(10-16(13)28(25)34)20-8-14-2-5-27(33)30(36)18(14)12-24(20)21-9-15-3-6-26(32)29(35)17(15)11-23(19)21/h1-12,31-36H. The molecule has 0 heterocycles. The third kappa shape index (κ3) is 2.55. The van der Waals surface area contributed by atoms with Crippen LogP contribution in [0.3, 0.4) is 0 Å². The Hall–Kier alpha value is -5.10. The van der Waals surface area contributed by atoms with Crippen molar-refractivity contribution in [2.75, 3.05) is 0 Å². The smallest absolute Gasteiger partial charge is 0.165 e. The topological polar surface area (TPSA) is 121 Å². The summed E-state index contributed by atoms with van der Waals surface area (Å²) >= 11 is 0. The molecule has 36 heavy (non-hydrogen) atoms. The average Bonchev–Trinajstić information content (AvgIpc) is 2.89. The van der Waals surface area contributed by atoms with E-state index in [2.05, 4.69) is 0 Å². The van der Waals surface area contributed by atoms with Gasteiger partial charge in [0.2, 0.25) is 0 Å². The number of phenolic OH excluding ortho intramolecular Hbond substituents is 6. The van der Waals surface area contributed by atoms with Crippen LogP contribution in [-0.4, -0.2) is 30.6 Å². The minimum absolute atomic E-state index is 0.216. The Morgan fingerprint density at radius 1 is 0.278 bits per heavy atom. The lowest BCUT2D eigenvalue weighted by atomic mass is 9.89. The van der Waals surface area contributed by atoms with E-state index in [0.717, 1.165) is 48.5 Å². The Morgan fingerprint density at radius 3 is 0.806 bits per heavy atom. The number of fused-ring (bicyclic) bond motifs is 9. The van der Waals surface area contributed by atoms with E-state index in [0.29, 0.717) is 16.2 Å². The SMILES string of the molecule is Oc1ccc2cc3c4cc5c(O)c(O)ccc5cc4c4cc5c(O)c(O)ccc5cc4c3cc2c1O. The molecule has 0 unspecified atom stereocenters. The molecule has 0 aliphatic rings. The first-order chi connectivity index (χ1) is 17.3. The Labute approximate surface area is 202 Å². The van der Waals surface area contributed by atoms with E-state index in [1.54, 1.807) is 18.2 Å². The minimum atomic E-state index is -0.218. The molecule has 6 heteroatoms. The fourth-order valence-electron chi connectivity index (χ4n) is 5.37. The maximum Gasteiger partial charge on any atom is 0.165 e. The van der Waals surface area contributed by atoms with Crippen LogP contribution in [0.15, 0.2) is 72.8 Å². The van der Waals surface area contributed by atoms with E-state index in [4.69, 9.17) is 0 Å². The van der Waals surface area contributed by atoms with Crippen LogP contribution >= 0.6 is 0 Å². The Morgan fingerprint density at radius 2 is 0.528 bits per heavy atom. The van der Waals surface area contributed by atoms with E-state index < -0.39 is 0 Å². The molecular formula is C30H18O6. The predicted octanol–water partition coefficient (Wildman–Crippen LogP) is 6.84. The molecule has 6 N–H and O–H groups in total. The summed E-state index contributed by atoms with van der Waals surface area (Å²) < 4.78 is 0. The summed E-state index contributed by atoms with van der Waals surface area (Å²) in [7, 11) is 0. The molecule has 0 aliphatic carbocycles. The number of phenols is 6. The highest BCUT2D eigenvalue weighted by molar-refractivity contribution is 6.31. The van der Waals surface area contributed by atoms with Gasteiger partial charge in [-0.25, -0.2) is 0 Å². The van der Waals surface area contributed by atoms with Gasteiger partial charge < -0.3 is 30.6 Å². The van der Waals surface area contributed by atoms with Crippen molar-refractivity contribution in [1.29, 1.82) is 0 Å². The maximum atomic E-state index is 10.6. The summed E-state index contributed by atoms with van der Waals surface area (Å²) in [5.41, 5.74) is 0. The highest BCUT2D eigenvalue weighted by Gasteiger charge is 2.17. The molecule has 7 aromatic carbocycles. The van der Waals surface area contributed by atoms with Crippen LogP contribution in [-0.2, 0) is 0 Å². The lowest BCUT2D eigenvalue weighted by molar-refractivity contribution is 0.408. The van der Waals surface area contributed by atoms with Crippen LogP contribution in [0.5, 0.6) is 34.5 Å². The molecule has 0 aromatic heterocycles. The van der Waals surface area contributed by atoms with Gasteiger partial charge in [-0.2, -0.15) is 0 Å². The molecule has 0 radical (unpaired) electrons. The summed E-state index contributed by atoms with van der Waals surface area (Å²) in [6.45, 7) is 0. The van der Waals surface area contributed by atoms with Gasteiger partial charge in [0.15, 0.2) is 34.5 Å². The van der Waals surface area contributed by atoms with Crippen LogP contribution in [0.25, 0.3) is 64.6 Å². The number of hydrogen-bond acceptors (Lipinski definition) is 6. The molecule has 0 atom stereocenters. The third-order valence-electron chi connectivity index (χ3n) is 7.20. The fraction of sp³-hybridized carbons (Fsp3) is 0. The summed E-state index contributed by atoms with van der Waals surface area (Å²) in [5.74, 6) is -1.30. The first-order valence-electron chi connectivity index (χ1n) is 11.3. The summed E-state index contributed by atoms with van der Waals surface area (Å²) in [5, 5.41) is 70.6. The van der Waals surface area contributed by atoms with Crippen molar-refractivity contribution in [3.05, 3.63) is 72.8 Å². The quantitative estimate of drug-likeness (QED) is 0.0813. The second-order valence-electron chi connectivity index (χ2n) is 9.16. The summed E-state index contributed by atoms with van der Waals surface area (Å²) in [4.78, 5) is 0. The van der Waals surface area contributed by atoms with Crippen molar-refractivity contribution in [1.82, 2.24) is 0 Å². The lowest BCUT2D eigenvalue weighted by Crippen LogP contribution is -1.87. The van der Waals surface area contributed by atoms with Crippen molar-refractivity contribution in [3.63, 3.8) is 0 Å². The van der Waals surface area contributed by atoms with Gasteiger partial charge in [-0.3, -0.25) is 0 Å². The molecule has 0 saturated carbocycles. The van der Waals surface area contributed by atoms with Crippen LogP contribution in [0.2, 0.25) is 0 Å². The van der Waals surface area contributed by atoms with Gasteiger partial charge in [0, 0.05) is 16.2 Å². The van der Waals surface area contributed by atoms with Gasteiger partial charge in [0.25, 0.3) is 0 Å². The van der Waals surface area contributed by atoms with Gasteiger partial charge in [0.05, 0.1) is 0 Å². The van der Waals surface area contributed by atoms with Crippen LogP contribution in [0.1, 0.15) is 0 Å². The zero-order valence-corrected chi connectivity index (χ0v) is 18.6. The molecule has 6 nitrogen and oxygen atoms in total. The predicted molar refractivity (Wildman–Crippen MR) is 141 cm³/mol. The molecule has 0 saturated heterocycles. The minimum Gasteiger partial charge on any atom is -0.504 e. The van der Waals surface area contributed by atoms with E-state index in [1.807, 2.05) is 36.4 Å². The van der Waals surface area contributed by atoms with Crippen molar-refractivity contribution < 1.29 is 30.6 Å². The second-order valence-corrected chi connectivity index (χ2v) is 9.16. The molecule has 7 aromatic rings. The molecule has 7 rings (SSSR count). The molecule has 0 fully saturated rings. The Kier molecular flexibility index (Phi) is 3.79. The van der Waals surface area contributed by atoms with Crippen molar-refractivity contribution in [2.24, 2.45) is 0 Å². The Bertz CT molecular complexity index is 1840. The third-order valence-corrected chi connectivity index (χ3v) is 7.20. The summed E-state index contributed by atoms with van der Waals surface area (Å²) in [6, 6.07) is 20.7. The maximum absolute atomic E-state index is 10.6. The molecule has 174 valence electrons. The van der Waals surface area contributed by atoms with Crippen LogP contribution in [0.4, 0.5) is 0 Å². The highest BCUT2D eigenvalue weighted by atomic mass is 16.3. The zero-order chi connectivity index (χ0) is 24.9. The van der Waals surface area contributed by atoms with Crippen LogP contribution < -0.4 is 0 Å². The van der Waals surface area contributed by atoms with E-state index in [9.17, 15) is 30.6 Å². The van der Waals surface area contributed by atoms with Crippen molar-refractivity contribution in [3.8, 4) is 34.5 Å². The average molecular weight is 474 g/mol. The number of aromatic hydroxyl groups is 6. The van der Waals surface area contributed by atoms with Crippen molar-refractivity contribution >= 4 is 64.6 Å². The zero-order valence-electron chi connectivity index (χ0n) is 18.6. The first-order valence-corrected chi connectivity index (χ1v) is 11.3. The number of rotatable bonds is 0. The van der Waals surface area contributed by atoms with Gasteiger partial charge in [-0.1, -0.05) is 18.2 Å². The van der Waals surface area contributed by atoms with Gasteiger partial charge >= 0.3 is 0 Å². The lowest BCUT2D eigenvalue weighted by Gasteiger charge is -2.15. The number of hydrogen-bond donors (Lipinski definition) is 6. The Balaban J connectivity index is 1.80. The summed E-state index contributed by atoms with van der Waals surface area (Å²) in [6.07, 6.45) is 0. The molecular weight excluding hydrogens is 456 g/mol. The van der Waals surface area contributed by atoms with Crippen LogP contribution in [0, 0.1) is 0 Å². The second kappa shape index (κ2) is 6.73. The molecule has 0 spiro atoms. The molecule has 0 bridgehead atoms. The highest BCUT2D eigenvalue weighted by Crippen LogP contribution is 2.46. The van der Waals surface area contributed by atoms with E-state index in [-0.39, 0.29) is 34.5 Å². The van der Waals surface area contributed by atoms with Gasteiger partial charge in [-0.15, -0.1) is 0 Å². The first kappa shape index (κ1) is 20.3. The largest absolute Gasteiger partial charge is 0.504 e. The van der Waals surface area contributed by atoms with Crippen molar-refractivity contribution in [2.45, 2.75) is 0 Å². The van der Waals surface area contributed by atoms with E-state index >= 15 is 0 Å². The van der Waals surface area contributed by atoms with Gasteiger partial charge in [-0.05, 0) is 103 Å². The van der Waals surface area contributed by atoms with Gasteiger partial charge in [0.1, 0.15) is 0 Å². The fourth-order valence-corrected chi connectivity index (χ4v) is 5.37. The molecule has 0 amide bonds. The van der Waals surface area contributed by atoms with E-state index in [1.165, 1.54) is 18.2 Å². The number of benzene rings is 7. The monoisotopic (exact) mass is 474 g/mol. The normalized spacial score (nSPS) is 12.0.